The maximum Gasteiger partial charge on any atom is 0.166 e. The van der Waals surface area contributed by atoms with Crippen LogP contribution in [0, 0.1) is 17.8 Å². The Labute approximate surface area is 106 Å². The molecule has 1 fully saturated rings. The van der Waals surface area contributed by atoms with Crippen molar-refractivity contribution in [2.24, 2.45) is 17.8 Å². The maximum atomic E-state index is 5.26. The highest BCUT2D eigenvalue weighted by molar-refractivity contribution is 7.80. The third-order valence-corrected chi connectivity index (χ3v) is 3.77. The predicted octanol–water partition coefficient (Wildman–Crippen LogP) is 2.93. The number of rotatable bonds is 4. The maximum absolute atomic E-state index is 5.26. The van der Waals surface area contributed by atoms with Crippen LogP contribution in [0.3, 0.4) is 0 Å². The Balaban J connectivity index is 2.15. The standard InChI is InChI=1S/C13H26N2S/c1-10(2)8-14-13(16)15-9-12-7-5-4-6-11(12)3/h10-12H,4-9H2,1-3H3,(H2,14,15,16). The van der Waals surface area contributed by atoms with E-state index in [0.29, 0.717) is 5.92 Å². The molecule has 0 bridgehead atoms. The molecule has 0 aliphatic heterocycles. The summed E-state index contributed by atoms with van der Waals surface area (Å²) in [5.41, 5.74) is 0. The third kappa shape index (κ3) is 5.15. The van der Waals surface area contributed by atoms with Gasteiger partial charge in [-0.05, 0) is 36.4 Å². The molecule has 94 valence electrons. The van der Waals surface area contributed by atoms with E-state index in [4.69, 9.17) is 12.2 Å². The van der Waals surface area contributed by atoms with Gasteiger partial charge in [0, 0.05) is 13.1 Å². The van der Waals surface area contributed by atoms with Crippen molar-refractivity contribution in [2.75, 3.05) is 13.1 Å². The van der Waals surface area contributed by atoms with Gasteiger partial charge in [-0.2, -0.15) is 0 Å². The number of thiocarbonyl (C=S) groups is 1. The van der Waals surface area contributed by atoms with Gasteiger partial charge < -0.3 is 10.6 Å². The molecule has 2 unspecified atom stereocenters. The Morgan fingerprint density at radius 3 is 2.56 bits per heavy atom. The van der Waals surface area contributed by atoms with Crippen molar-refractivity contribution in [3.05, 3.63) is 0 Å². The Morgan fingerprint density at radius 1 is 1.25 bits per heavy atom. The predicted molar refractivity (Wildman–Crippen MR) is 74.6 cm³/mol. The van der Waals surface area contributed by atoms with Gasteiger partial charge in [0.2, 0.25) is 0 Å². The molecule has 0 radical (unpaired) electrons. The SMILES string of the molecule is CC(C)CNC(=S)NCC1CCCCC1C. The fraction of sp³-hybridized carbons (Fsp3) is 0.923. The minimum Gasteiger partial charge on any atom is -0.362 e. The summed E-state index contributed by atoms with van der Waals surface area (Å²) in [6.45, 7) is 8.77. The second kappa shape index (κ2) is 7.10. The molecule has 2 atom stereocenters. The van der Waals surface area contributed by atoms with Gasteiger partial charge >= 0.3 is 0 Å². The second-order valence-electron chi connectivity index (χ2n) is 5.51. The van der Waals surface area contributed by atoms with Crippen molar-refractivity contribution in [3.63, 3.8) is 0 Å². The highest BCUT2D eigenvalue weighted by Gasteiger charge is 2.20. The molecule has 16 heavy (non-hydrogen) atoms. The van der Waals surface area contributed by atoms with Crippen LogP contribution in [0.25, 0.3) is 0 Å². The van der Waals surface area contributed by atoms with Crippen LogP contribution in [-0.4, -0.2) is 18.2 Å². The van der Waals surface area contributed by atoms with Gasteiger partial charge in [-0.15, -0.1) is 0 Å². The van der Waals surface area contributed by atoms with Gasteiger partial charge in [-0.1, -0.05) is 40.0 Å². The molecule has 0 amide bonds. The van der Waals surface area contributed by atoms with Crippen LogP contribution >= 0.6 is 12.2 Å². The molecule has 0 aromatic heterocycles. The Kier molecular flexibility index (Phi) is 6.10. The molecule has 0 aromatic rings. The van der Waals surface area contributed by atoms with Crippen LogP contribution in [0.1, 0.15) is 46.5 Å². The Bertz CT molecular complexity index is 216. The first-order valence-electron chi connectivity index (χ1n) is 6.61. The summed E-state index contributed by atoms with van der Waals surface area (Å²) < 4.78 is 0. The van der Waals surface area contributed by atoms with E-state index < -0.39 is 0 Å². The highest BCUT2D eigenvalue weighted by atomic mass is 32.1. The van der Waals surface area contributed by atoms with Gasteiger partial charge in [0.25, 0.3) is 0 Å². The van der Waals surface area contributed by atoms with E-state index in [1.54, 1.807) is 0 Å². The fourth-order valence-corrected chi connectivity index (χ4v) is 2.45. The van der Waals surface area contributed by atoms with Crippen LogP contribution in [0.4, 0.5) is 0 Å². The molecule has 2 N–H and O–H groups in total. The first kappa shape index (κ1) is 13.8. The van der Waals surface area contributed by atoms with Crippen LogP contribution in [0.2, 0.25) is 0 Å². The lowest BCUT2D eigenvalue weighted by Gasteiger charge is -2.29. The van der Waals surface area contributed by atoms with E-state index in [-0.39, 0.29) is 0 Å². The normalized spacial score (nSPS) is 25.5. The van der Waals surface area contributed by atoms with Crippen molar-refractivity contribution in [2.45, 2.75) is 46.5 Å². The van der Waals surface area contributed by atoms with Crippen molar-refractivity contribution >= 4 is 17.3 Å². The smallest absolute Gasteiger partial charge is 0.166 e. The molecule has 1 aliphatic rings. The topological polar surface area (TPSA) is 24.1 Å². The minimum atomic E-state index is 0.647. The third-order valence-electron chi connectivity index (χ3n) is 3.48. The van der Waals surface area contributed by atoms with E-state index in [9.17, 15) is 0 Å². The lowest BCUT2D eigenvalue weighted by Crippen LogP contribution is -2.41. The average molecular weight is 242 g/mol. The largest absolute Gasteiger partial charge is 0.362 e. The number of nitrogens with one attached hydrogen (secondary N) is 2. The molecule has 0 aromatic carbocycles. The molecule has 1 saturated carbocycles. The van der Waals surface area contributed by atoms with Gasteiger partial charge in [-0.25, -0.2) is 0 Å². The summed E-state index contributed by atoms with van der Waals surface area (Å²) in [5.74, 6) is 2.31. The van der Waals surface area contributed by atoms with Crippen molar-refractivity contribution in [1.82, 2.24) is 10.6 Å². The van der Waals surface area contributed by atoms with Gasteiger partial charge in [0.05, 0.1) is 0 Å². The van der Waals surface area contributed by atoms with Crippen LogP contribution in [0.15, 0.2) is 0 Å². The van der Waals surface area contributed by atoms with E-state index in [2.05, 4.69) is 31.4 Å². The molecule has 0 heterocycles. The van der Waals surface area contributed by atoms with Crippen molar-refractivity contribution < 1.29 is 0 Å². The molecule has 0 saturated heterocycles. The molecule has 3 heteroatoms. The van der Waals surface area contributed by atoms with Gasteiger partial charge in [0.15, 0.2) is 5.11 Å². The summed E-state index contributed by atoms with van der Waals surface area (Å²) in [6.07, 6.45) is 5.55. The van der Waals surface area contributed by atoms with Crippen molar-refractivity contribution in [3.8, 4) is 0 Å². The van der Waals surface area contributed by atoms with Crippen LogP contribution in [-0.2, 0) is 0 Å². The molecular formula is C13H26N2S. The molecule has 1 aliphatic carbocycles. The second-order valence-corrected chi connectivity index (χ2v) is 5.91. The molecule has 1 rings (SSSR count). The molecule has 2 nitrogen and oxygen atoms in total. The van der Waals surface area contributed by atoms with E-state index in [1.807, 2.05) is 0 Å². The van der Waals surface area contributed by atoms with Gasteiger partial charge in [0.1, 0.15) is 0 Å². The van der Waals surface area contributed by atoms with E-state index >= 15 is 0 Å². The lowest BCUT2D eigenvalue weighted by molar-refractivity contribution is 0.256. The van der Waals surface area contributed by atoms with Crippen molar-refractivity contribution in [1.29, 1.82) is 0 Å². The zero-order chi connectivity index (χ0) is 12.0. The molecule has 0 spiro atoms. The van der Waals surface area contributed by atoms with Crippen LogP contribution < -0.4 is 10.6 Å². The van der Waals surface area contributed by atoms with Crippen LogP contribution in [0.5, 0.6) is 0 Å². The average Bonchev–Trinajstić information content (AvgIpc) is 2.25. The summed E-state index contributed by atoms with van der Waals surface area (Å²) in [7, 11) is 0. The first-order valence-corrected chi connectivity index (χ1v) is 7.02. The highest BCUT2D eigenvalue weighted by Crippen LogP contribution is 2.28. The lowest BCUT2D eigenvalue weighted by atomic mass is 9.80. The number of hydrogen-bond donors (Lipinski definition) is 2. The Hall–Kier alpha value is -0.310. The zero-order valence-corrected chi connectivity index (χ0v) is 11.7. The van der Waals surface area contributed by atoms with Gasteiger partial charge in [-0.3, -0.25) is 0 Å². The summed E-state index contributed by atoms with van der Waals surface area (Å²) in [6, 6.07) is 0. The minimum absolute atomic E-state index is 0.647. The molecular weight excluding hydrogens is 216 g/mol. The number of hydrogen-bond acceptors (Lipinski definition) is 1. The van der Waals surface area contributed by atoms with E-state index in [0.717, 1.165) is 30.0 Å². The fourth-order valence-electron chi connectivity index (χ4n) is 2.28. The summed E-state index contributed by atoms with van der Waals surface area (Å²) in [5, 5.41) is 7.44. The summed E-state index contributed by atoms with van der Waals surface area (Å²) in [4.78, 5) is 0. The van der Waals surface area contributed by atoms with E-state index in [1.165, 1.54) is 25.7 Å². The zero-order valence-electron chi connectivity index (χ0n) is 10.9. The monoisotopic (exact) mass is 242 g/mol. The Morgan fingerprint density at radius 2 is 1.94 bits per heavy atom. The first-order chi connectivity index (χ1) is 7.59. The summed E-state index contributed by atoms with van der Waals surface area (Å²) >= 11 is 5.26. The quantitative estimate of drug-likeness (QED) is 0.741.